The lowest BCUT2D eigenvalue weighted by molar-refractivity contribution is 0.0588. The number of aromatic nitrogens is 2. The van der Waals surface area contributed by atoms with Crippen LogP contribution in [0.3, 0.4) is 0 Å². The summed E-state index contributed by atoms with van der Waals surface area (Å²) >= 11 is 0. The minimum absolute atomic E-state index is 0.391. The highest BCUT2D eigenvalue weighted by Crippen LogP contribution is 2.05. The number of aryl methyl sites for hydroxylation is 1. The zero-order valence-electron chi connectivity index (χ0n) is 7.90. The van der Waals surface area contributed by atoms with E-state index in [0.717, 1.165) is 0 Å². The first-order chi connectivity index (χ1) is 6.19. The molecule has 1 aromatic rings. The van der Waals surface area contributed by atoms with Crippen LogP contribution in [0.15, 0.2) is 6.07 Å². The van der Waals surface area contributed by atoms with Crippen LogP contribution in [0.5, 0.6) is 0 Å². The molecule has 1 aromatic heterocycles. The predicted molar refractivity (Wildman–Crippen MR) is 45.3 cm³/mol. The third-order valence-electron chi connectivity index (χ3n) is 1.62. The Balaban J connectivity index is 2.89. The van der Waals surface area contributed by atoms with Crippen molar-refractivity contribution in [2.75, 3.05) is 14.2 Å². The molecule has 0 bridgehead atoms. The molecule has 1 heterocycles. The van der Waals surface area contributed by atoms with E-state index in [0.29, 0.717) is 18.0 Å². The molecule has 0 spiro atoms. The molecule has 0 aliphatic heterocycles. The summed E-state index contributed by atoms with van der Waals surface area (Å²) < 4.78 is 10.9. The summed E-state index contributed by atoms with van der Waals surface area (Å²) in [5, 5.41) is 4.06. The average Bonchev–Trinajstić information content (AvgIpc) is 2.46. The molecular formula is C8H12N2O3. The Bertz CT molecular complexity index is 306. The summed E-state index contributed by atoms with van der Waals surface area (Å²) in [6.07, 6.45) is 0. The van der Waals surface area contributed by atoms with Gasteiger partial charge in [-0.1, -0.05) is 0 Å². The molecule has 5 heteroatoms. The fraction of sp³-hybridized carbons (Fsp3) is 0.500. The minimum Gasteiger partial charge on any atom is -0.464 e. The highest BCUT2D eigenvalue weighted by atomic mass is 16.5. The molecule has 0 aromatic carbocycles. The topological polar surface area (TPSA) is 53.4 Å². The molecule has 0 N–H and O–H groups in total. The maximum atomic E-state index is 11.1. The van der Waals surface area contributed by atoms with Gasteiger partial charge < -0.3 is 9.47 Å². The quantitative estimate of drug-likeness (QED) is 0.636. The Kier molecular flexibility index (Phi) is 3.02. The van der Waals surface area contributed by atoms with E-state index in [1.165, 1.54) is 11.8 Å². The molecule has 1 rings (SSSR count). The number of hydrogen-bond donors (Lipinski definition) is 0. The maximum Gasteiger partial charge on any atom is 0.356 e. The van der Waals surface area contributed by atoms with Gasteiger partial charge in [0, 0.05) is 14.2 Å². The number of ether oxygens (including phenoxy) is 2. The monoisotopic (exact) mass is 184 g/mol. The second-order valence-electron chi connectivity index (χ2n) is 2.57. The zero-order valence-corrected chi connectivity index (χ0v) is 7.90. The summed E-state index contributed by atoms with van der Waals surface area (Å²) in [5.74, 6) is -0.391. The lowest BCUT2D eigenvalue weighted by Crippen LogP contribution is -2.07. The highest BCUT2D eigenvalue weighted by Gasteiger charge is 2.12. The fourth-order valence-electron chi connectivity index (χ4n) is 1.04. The van der Waals surface area contributed by atoms with Gasteiger partial charge in [0.05, 0.1) is 19.4 Å². The van der Waals surface area contributed by atoms with Gasteiger partial charge in [0.25, 0.3) is 0 Å². The van der Waals surface area contributed by atoms with Crippen LogP contribution in [0.1, 0.15) is 16.2 Å². The fourth-order valence-corrected chi connectivity index (χ4v) is 1.04. The van der Waals surface area contributed by atoms with Crippen LogP contribution < -0.4 is 0 Å². The molecule has 0 unspecified atom stereocenters. The molecule has 0 atom stereocenters. The number of carbonyl (C=O) groups excluding carboxylic acids is 1. The van der Waals surface area contributed by atoms with Gasteiger partial charge in [-0.05, 0) is 6.07 Å². The maximum absolute atomic E-state index is 11.1. The van der Waals surface area contributed by atoms with Crippen molar-refractivity contribution in [2.24, 2.45) is 7.05 Å². The Morgan fingerprint density at radius 2 is 2.31 bits per heavy atom. The van der Waals surface area contributed by atoms with Gasteiger partial charge in [-0.3, -0.25) is 4.68 Å². The van der Waals surface area contributed by atoms with Crippen LogP contribution in [-0.2, 0) is 23.1 Å². The molecule has 0 saturated carbocycles. The SMILES string of the molecule is COCc1cc(C(=O)OC)n(C)n1. The summed E-state index contributed by atoms with van der Waals surface area (Å²) in [6, 6.07) is 1.65. The van der Waals surface area contributed by atoms with Gasteiger partial charge in [0.2, 0.25) is 0 Å². The van der Waals surface area contributed by atoms with E-state index in [1.54, 1.807) is 20.2 Å². The Morgan fingerprint density at radius 1 is 1.62 bits per heavy atom. The second kappa shape index (κ2) is 4.04. The molecule has 0 radical (unpaired) electrons. The first kappa shape index (κ1) is 9.73. The van der Waals surface area contributed by atoms with Crippen molar-refractivity contribution in [3.05, 3.63) is 17.5 Å². The molecule has 0 aliphatic carbocycles. The van der Waals surface area contributed by atoms with E-state index < -0.39 is 5.97 Å². The van der Waals surface area contributed by atoms with Crippen LogP contribution in [0.4, 0.5) is 0 Å². The molecule has 5 nitrogen and oxygen atoms in total. The molecule has 0 aliphatic rings. The van der Waals surface area contributed by atoms with Gasteiger partial charge in [-0.25, -0.2) is 4.79 Å². The van der Waals surface area contributed by atoms with E-state index >= 15 is 0 Å². The summed E-state index contributed by atoms with van der Waals surface area (Å²) in [5.41, 5.74) is 1.14. The standard InChI is InChI=1S/C8H12N2O3/c1-10-7(8(11)13-3)4-6(9-10)5-12-2/h4H,5H2,1-3H3. The van der Waals surface area contributed by atoms with Gasteiger partial charge in [-0.15, -0.1) is 0 Å². The van der Waals surface area contributed by atoms with Crippen molar-refractivity contribution in [3.63, 3.8) is 0 Å². The Morgan fingerprint density at radius 3 is 2.85 bits per heavy atom. The van der Waals surface area contributed by atoms with Gasteiger partial charge >= 0.3 is 5.97 Å². The predicted octanol–water partition coefficient (Wildman–Crippen LogP) is 0.353. The van der Waals surface area contributed by atoms with E-state index in [-0.39, 0.29) is 0 Å². The van der Waals surface area contributed by atoms with Crippen LogP contribution in [0.2, 0.25) is 0 Å². The van der Waals surface area contributed by atoms with Gasteiger partial charge in [0.15, 0.2) is 0 Å². The first-order valence-corrected chi connectivity index (χ1v) is 3.79. The Hall–Kier alpha value is -1.36. The van der Waals surface area contributed by atoms with E-state index in [2.05, 4.69) is 9.84 Å². The normalized spacial score (nSPS) is 10.1. The number of carbonyl (C=O) groups is 1. The molecular weight excluding hydrogens is 172 g/mol. The molecule has 0 saturated heterocycles. The molecule has 72 valence electrons. The van der Waals surface area contributed by atoms with E-state index in [9.17, 15) is 4.79 Å². The number of hydrogen-bond acceptors (Lipinski definition) is 4. The molecule has 0 amide bonds. The minimum atomic E-state index is -0.391. The summed E-state index contributed by atoms with van der Waals surface area (Å²) in [6.45, 7) is 0.394. The lowest BCUT2D eigenvalue weighted by Gasteiger charge is -1.96. The highest BCUT2D eigenvalue weighted by molar-refractivity contribution is 5.87. The van der Waals surface area contributed by atoms with Crippen LogP contribution in [-0.4, -0.2) is 30.0 Å². The first-order valence-electron chi connectivity index (χ1n) is 3.79. The second-order valence-corrected chi connectivity index (χ2v) is 2.57. The third kappa shape index (κ3) is 2.06. The van der Waals surface area contributed by atoms with E-state index in [4.69, 9.17) is 4.74 Å². The zero-order chi connectivity index (χ0) is 9.84. The van der Waals surface area contributed by atoms with Crippen LogP contribution in [0.25, 0.3) is 0 Å². The van der Waals surface area contributed by atoms with E-state index in [1.807, 2.05) is 0 Å². The van der Waals surface area contributed by atoms with Crippen molar-refractivity contribution in [2.45, 2.75) is 6.61 Å². The van der Waals surface area contributed by atoms with Gasteiger partial charge in [-0.2, -0.15) is 5.10 Å². The van der Waals surface area contributed by atoms with Crippen molar-refractivity contribution in [3.8, 4) is 0 Å². The smallest absolute Gasteiger partial charge is 0.356 e. The van der Waals surface area contributed by atoms with Crippen molar-refractivity contribution in [1.82, 2.24) is 9.78 Å². The number of nitrogens with zero attached hydrogens (tertiary/aromatic N) is 2. The third-order valence-corrected chi connectivity index (χ3v) is 1.62. The molecule has 13 heavy (non-hydrogen) atoms. The molecule has 0 fully saturated rings. The van der Waals surface area contributed by atoms with Crippen molar-refractivity contribution in [1.29, 1.82) is 0 Å². The van der Waals surface area contributed by atoms with Crippen LogP contribution in [0, 0.1) is 0 Å². The van der Waals surface area contributed by atoms with Crippen LogP contribution >= 0.6 is 0 Å². The summed E-state index contributed by atoms with van der Waals surface area (Å²) in [4.78, 5) is 11.1. The van der Waals surface area contributed by atoms with Gasteiger partial charge in [0.1, 0.15) is 5.69 Å². The number of esters is 1. The van der Waals surface area contributed by atoms with Crippen molar-refractivity contribution >= 4 is 5.97 Å². The Labute approximate surface area is 76.3 Å². The largest absolute Gasteiger partial charge is 0.464 e. The summed E-state index contributed by atoms with van der Waals surface area (Å²) in [7, 11) is 4.60. The lowest BCUT2D eigenvalue weighted by atomic mass is 10.3. The average molecular weight is 184 g/mol. The number of methoxy groups -OCH3 is 2. The number of rotatable bonds is 3. The van der Waals surface area contributed by atoms with Crippen molar-refractivity contribution < 1.29 is 14.3 Å².